The second-order valence-electron chi connectivity index (χ2n) is 6.02. The predicted octanol–water partition coefficient (Wildman–Crippen LogP) is 5.99. The third-order valence-electron chi connectivity index (χ3n) is 4.02. The van der Waals surface area contributed by atoms with E-state index in [1.165, 1.54) is 0 Å². The summed E-state index contributed by atoms with van der Waals surface area (Å²) in [6.45, 7) is 0. The van der Waals surface area contributed by atoms with Gasteiger partial charge in [-0.05, 0) is 72.8 Å². The molecule has 0 aliphatic carbocycles. The topological polar surface area (TPSA) is 54.4 Å². The summed E-state index contributed by atoms with van der Waals surface area (Å²) in [4.78, 5) is 4.63. The number of nitrogens with one attached hydrogen (secondary N) is 1. The maximum absolute atomic E-state index is 9.43. The zero-order chi connectivity index (χ0) is 18.5. The van der Waals surface area contributed by atoms with Crippen molar-refractivity contribution in [2.24, 2.45) is 0 Å². The van der Waals surface area contributed by atoms with Gasteiger partial charge in [0, 0.05) is 11.3 Å². The number of hydrogen-bond acceptors (Lipinski definition) is 4. The lowest BCUT2D eigenvalue weighted by Crippen LogP contribution is -1.94. The summed E-state index contributed by atoms with van der Waals surface area (Å²) in [5.74, 6) is 2.57. The Labute approximate surface area is 157 Å². The van der Waals surface area contributed by atoms with Gasteiger partial charge >= 0.3 is 0 Å². The van der Waals surface area contributed by atoms with Crippen molar-refractivity contribution < 1.29 is 9.84 Å². The molecule has 0 fully saturated rings. The predicted molar refractivity (Wildman–Crippen MR) is 108 cm³/mol. The number of phenols is 1. The Bertz CT molecular complexity index is 1010. The number of benzene rings is 3. The molecule has 2 N–H and O–H groups in total. The Morgan fingerprint density at radius 1 is 0.667 bits per heavy atom. The van der Waals surface area contributed by atoms with Gasteiger partial charge in [-0.15, -0.1) is 0 Å². The fourth-order valence-corrected chi connectivity index (χ4v) is 2.68. The molecule has 0 amide bonds. The number of rotatable bonds is 5. The molecule has 0 saturated heterocycles. The van der Waals surface area contributed by atoms with Gasteiger partial charge in [-0.1, -0.05) is 24.3 Å². The molecule has 132 valence electrons. The Kier molecular flexibility index (Phi) is 4.70. The van der Waals surface area contributed by atoms with E-state index in [4.69, 9.17) is 4.74 Å². The molecular formula is C23H18N2O2. The number of para-hydroxylation sites is 1. The van der Waals surface area contributed by atoms with Crippen molar-refractivity contribution in [2.75, 3.05) is 5.32 Å². The summed E-state index contributed by atoms with van der Waals surface area (Å²) < 4.78 is 5.81. The Balaban J connectivity index is 1.47. The number of aromatic hydroxyl groups is 1. The molecule has 27 heavy (non-hydrogen) atoms. The molecule has 4 nitrogen and oxygen atoms in total. The monoisotopic (exact) mass is 354 g/mol. The summed E-state index contributed by atoms with van der Waals surface area (Å²) in [5, 5.41) is 12.7. The average Bonchev–Trinajstić information content (AvgIpc) is 2.71. The average molecular weight is 354 g/mol. The van der Waals surface area contributed by atoms with E-state index in [2.05, 4.69) is 10.3 Å². The SMILES string of the molecule is Oc1ccc(-c2cccc(Nc3ccc(Oc4ccccc4)cc3)n2)cc1. The maximum atomic E-state index is 9.43. The molecule has 0 aliphatic rings. The van der Waals surface area contributed by atoms with E-state index >= 15 is 0 Å². The van der Waals surface area contributed by atoms with Crippen LogP contribution in [0.25, 0.3) is 11.3 Å². The number of aromatic nitrogens is 1. The second kappa shape index (κ2) is 7.62. The standard InChI is InChI=1S/C23H18N2O2/c26-19-13-9-17(10-14-19)22-7-4-8-23(25-22)24-18-11-15-21(16-12-18)27-20-5-2-1-3-6-20/h1-16,26H,(H,24,25). The lowest BCUT2D eigenvalue weighted by Gasteiger charge is -2.09. The van der Waals surface area contributed by atoms with Crippen LogP contribution in [0.3, 0.4) is 0 Å². The number of anilines is 2. The molecule has 0 bridgehead atoms. The zero-order valence-corrected chi connectivity index (χ0v) is 14.5. The molecular weight excluding hydrogens is 336 g/mol. The number of phenolic OH excluding ortho intramolecular Hbond substituents is 1. The van der Waals surface area contributed by atoms with Gasteiger partial charge < -0.3 is 15.2 Å². The summed E-state index contributed by atoms with van der Waals surface area (Å²) >= 11 is 0. The first-order chi connectivity index (χ1) is 13.3. The quantitative estimate of drug-likeness (QED) is 0.462. The van der Waals surface area contributed by atoms with Crippen molar-refractivity contribution in [3.05, 3.63) is 97.1 Å². The van der Waals surface area contributed by atoms with E-state index in [-0.39, 0.29) is 5.75 Å². The molecule has 0 aliphatic heterocycles. The van der Waals surface area contributed by atoms with Crippen LogP contribution in [0.15, 0.2) is 97.1 Å². The summed E-state index contributed by atoms with van der Waals surface area (Å²) in [5.41, 5.74) is 2.71. The highest BCUT2D eigenvalue weighted by Gasteiger charge is 2.03. The van der Waals surface area contributed by atoms with Crippen molar-refractivity contribution in [2.45, 2.75) is 0 Å². The van der Waals surface area contributed by atoms with Gasteiger partial charge in [-0.2, -0.15) is 0 Å². The molecule has 0 unspecified atom stereocenters. The maximum Gasteiger partial charge on any atom is 0.131 e. The minimum Gasteiger partial charge on any atom is -0.508 e. The normalized spacial score (nSPS) is 10.4. The number of ether oxygens (including phenoxy) is 1. The van der Waals surface area contributed by atoms with E-state index in [1.54, 1.807) is 12.1 Å². The second-order valence-corrected chi connectivity index (χ2v) is 6.02. The first-order valence-electron chi connectivity index (χ1n) is 8.63. The number of hydrogen-bond donors (Lipinski definition) is 2. The Morgan fingerprint density at radius 2 is 1.37 bits per heavy atom. The summed E-state index contributed by atoms with van der Waals surface area (Å²) in [6, 6.07) is 30.2. The lowest BCUT2D eigenvalue weighted by atomic mass is 10.1. The largest absolute Gasteiger partial charge is 0.508 e. The van der Waals surface area contributed by atoms with Gasteiger partial charge in [0.25, 0.3) is 0 Å². The Hall–Kier alpha value is -3.79. The van der Waals surface area contributed by atoms with Crippen LogP contribution in [0.4, 0.5) is 11.5 Å². The number of pyridine rings is 1. The van der Waals surface area contributed by atoms with Gasteiger partial charge in [-0.3, -0.25) is 0 Å². The van der Waals surface area contributed by atoms with E-state index in [1.807, 2.05) is 84.9 Å². The van der Waals surface area contributed by atoms with E-state index in [0.29, 0.717) is 0 Å². The van der Waals surface area contributed by atoms with Crippen LogP contribution in [0, 0.1) is 0 Å². The van der Waals surface area contributed by atoms with Gasteiger partial charge in [0.1, 0.15) is 23.1 Å². The van der Waals surface area contributed by atoms with Gasteiger partial charge in [0.15, 0.2) is 0 Å². The van der Waals surface area contributed by atoms with Gasteiger partial charge in [-0.25, -0.2) is 4.98 Å². The fraction of sp³-hybridized carbons (Fsp3) is 0. The molecule has 4 rings (SSSR count). The first kappa shape index (κ1) is 16.7. The van der Waals surface area contributed by atoms with E-state index < -0.39 is 0 Å². The van der Waals surface area contributed by atoms with Crippen molar-refractivity contribution in [3.63, 3.8) is 0 Å². The highest BCUT2D eigenvalue weighted by molar-refractivity contribution is 5.64. The summed E-state index contributed by atoms with van der Waals surface area (Å²) in [7, 11) is 0. The van der Waals surface area contributed by atoms with Crippen LogP contribution < -0.4 is 10.1 Å². The molecule has 0 radical (unpaired) electrons. The Morgan fingerprint density at radius 3 is 2.11 bits per heavy atom. The van der Waals surface area contributed by atoms with Crippen molar-refractivity contribution in [1.29, 1.82) is 0 Å². The van der Waals surface area contributed by atoms with Crippen LogP contribution in [0.2, 0.25) is 0 Å². The molecule has 4 aromatic rings. The van der Waals surface area contributed by atoms with Crippen LogP contribution in [-0.4, -0.2) is 10.1 Å². The van der Waals surface area contributed by atoms with Crippen LogP contribution in [0.1, 0.15) is 0 Å². The van der Waals surface area contributed by atoms with Crippen molar-refractivity contribution in [1.82, 2.24) is 4.98 Å². The van der Waals surface area contributed by atoms with Crippen LogP contribution in [0.5, 0.6) is 17.2 Å². The molecule has 0 spiro atoms. The molecule has 1 heterocycles. The van der Waals surface area contributed by atoms with Crippen molar-refractivity contribution >= 4 is 11.5 Å². The highest BCUT2D eigenvalue weighted by Crippen LogP contribution is 2.25. The van der Waals surface area contributed by atoms with Crippen LogP contribution >= 0.6 is 0 Å². The first-order valence-corrected chi connectivity index (χ1v) is 8.63. The minimum absolute atomic E-state index is 0.242. The molecule has 0 saturated carbocycles. The van der Waals surface area contributed by atoms with E-state index in [0.717, 1.165) is 34.3 Å². The van der Waals surface area contributed by atoms with Gasteiger partial charge in [0.2, 0.25) is 0 Å². The molecule has 1 aromatic heterocycles. The van der Waals surface area contributed by atoms with E-state index in [9.17, 15) is 5.11 Å². The van der Waals surface area contributed by atoms with Gasteiger partial charge in [0.05, 0.1) is 5.69 Å². The smallest absolute Gasteiger partial charge is 0.131 e. The summed E-state index contributed by atoms with van der Waals surface area (Å²) in [6.07, 6.45) is 0. The minimum atomic E-state index is 0.242. The third-order valence-corrected chi connectivity index (χ3v) is 4.02. The van der Waals surface area contributed by atoms with Crippen LogP contribution in [-0.2, 0) is 0 Å². The third kappa shape index (κ3) is 4.25. The van der Waals surface area contributed by atoms with Crippen molar-refractivity contribution in [3.8, 4) is 28.5 Å². The number of nitrogens with zero attached hydrogens (tertiary/aromatic N) is 1. The lowest BCUT2D eigenvalue weighted by molar-refractivity contribution is 0.475. The molecule has 3 aromatic carbocycles. The highest BCUT2D eigenvalue weighted by atomic mass is 16.5. The zero-order valence-electron chi connectivity index (χ0n) is 14.5. The molecule has 4 heteroatoms. The molecule has 0 atom stereocenters. The fourth-order valence-electron chi connectivity index (χ4n) is 2.68.